The number of carbonyl (C=O) groups excluding carboxylic acids is 1. The summed E-state index contributed by atoms with van der Waals surface area (Å²) in [6.07, 6.45) is 0. The lowest BCUT2D eigenvalue weighted by Gasteiger charge is -2.38. The molecule has 0 saturated carbocycles. The predicted octanol–water partition coefficient (Wildman–Crippen LogP) is 2.05. The van der Waals surface area contributed by atoms with Gasteiger partial charge in [0.05, 0.1) is 0 Å². The molecule has 1 atom stereocenters. The van der Waals surface area contributed by atoms with Gasteiger partial charge in [0, 0.05) is 43.3 Å². The highest BCUT2D eigenvalue weighted by Gasteiger charge is 2.30. The fourth-order valence-corrected chi connectivity index (χ4v) is 2.53. The normalized spacial score (nSPS) is 20.4. The van der Waals surface area contributed by atoms with E-state index in [4.69, 9.17) is 11.6 Å². The van der Waals surface area contributed by atoms with E-state index in [-0.39, 0.29) is 6.03 Å². The Morgan fingerprint density at radius 1 is 1.44 bits per heavy atom. The molecular formula is C13H18ClN3O. The van der Waals surface area contributed by atoms with Crippen LogP contribution in [0.3, 0.4) is 0 Å². The maximum Gasteiger partial charge on any atom is 0.324 e. The van der Waals surface area contributed by atoms with Crippen molar-refractivity contribution < 1.29 is 4.79 Å². The molecule has 1 heterocycles. The van der Waals surface area contributed by atoms with Gasteiger partial charge in [-0.25, -0.2) is 4.79 Å². The number of halogens is 1. The quantitative estimate of drug-likeness (QED) is 0.910. The average Bonchev–Trinajstić information content (AvgIpc) is 2.34. The fraction of sp³-hybridized carbons (Fsp3) is 0.462. The first-order valence-electron chi connectivity index (χ1n) is 6.04. The van der Waals surface area contributed by atoms with Crippen molar-refractivity contribution >= 4 is 23.3 Å². The number of carbonyl (C=O) groups is 1. The van der Waals surface area contributed by atoms with Crippen LogP contribution in [0.25, 0.3) is 0 Å². The van der Waals surface area contributed by atoms with Gasteiger partial charge in [-0.15, -0.1) is 0 Å². The Labute approximate surface area is 113 Å². The minimum atomic E-state index is 0.0321. The van der Waals surface area contributed by atoms with E-state index < -0.39 is 0 Å². The van der Waals surface area contributed by atoms with Crippen molar-refractivity contribution in [3.8, 4) is 0 Å². The molecule has 1 saturated heterocycles. The van der Waals surface area contributed by atoms with E-state index in [1.165, 1.54) is 0 Å². The average molecular weight is 268 g/mol. The first kappa shape index (κ1) is 13.2. The summed E-state index contributed by atoms with van der Waals surface area (Å²) in [6, 6.07) is 7.46. The van der Waals surface area contributed by atoms with Crippen molar-refractivity contribution in [1.29, 1.82) is 0 Å². The second-order valence-corrected chi connectivity index (χ2v) is 5.11. The highest BCUT2D eigenvalue weighted by atomic mass is 35.5. The molecule has 0 radical (unpaired) electrons. The molecule has 18 heavy (non-hydrogen) atoms. The number of anilines is 1. The molecule has 0 aliphatic carbocycles. The Balaban J connectivity index is 2.21. The van der Waals surface area contributed by atoms with E-state index in [1.54, 1.807) is 9.80 Å². The molecule has 1 unspecified atom stereocenters. The summed E-state index contributed by atoms with van der Waals surface area (Å²) in [5, 5.41) is 3.82. The largest absolute Gasteiger partial charge is 0.327 e. The predicted molar refractivity (Wildman–Crippen MR) is 74.2 cm³/mol. The third kappa shape index (κ3) is 2.76. The topological polar surface area (TPSA) is 35.6 Å². The van der Waals surface area contributed by atoms with Crippen molar-refractivity contribution in [3.05, 3.63) is 29.3 Å². The van der Waals surface area contributed by atoms with Crippen LogP contribution in [0.2, 0.25) is 5.02 Å². The first-order chi connectivity index (χ1) is 8.61. The molecule has 4 nitrogen and oxygen atoms in total. The van der Waals surface area contributed by atoms with E-state index in [0.29, 0.717) is 10.9 Å². The zero-order valence-corrected chi connectivity index (χ0v) is 11.4. The third-order valence-corrected chi connectivity index (χ3v) is 3.38. The number of urea groups is 1. The second kappa shape index (κ2) is 5.59. The molecule has 98 valence electrons. The van der Waals surface area contributed by atoms with Crippen LogP contribution in [0.15, 0.2) is 24.3 Å². The summed E-state index contributed by atoms with van der Waals surface area (Å²) in [5.74, 6) is 0.427. The first-order valence-corrected chi connectivity index (χ1v) is 6.42. The van der Waals surface area contributed by atoms with E-state index in [2.05, 4.69) is 5.32 Å². The number of nitrogens with zero attached hydrogens (tertiary/aromatic N) is 2. The molecule has 1 fully saturated rings. The van der Waals surface area contributed by atoms with E-state index in [0.717, 1.165) is 25.3 Å². The number of nitrogens with one attached hydrogen (secondary N) is 1. The molecule has 0 bridgehead atoms. The summed E-state index contributed by atoms with van der Waals surface area (Å²) >= 11 is 5.98. The van der Waals surface area contributed by atoms with Gasteiger partial charge >= 0.3 is 6.03 Å². The van der Waals surface area contributed by atoms with Gasteiger partial charge < -0.3 is 10.2 Å². The van der Waals surface area contributed by atoms with Gasteiger partial charge in [0.1, 0.15) is 0 Å². The lowest BCUT2D eigenvalue weighted by Crippen LogP contribution is -2.53. The van der Waals surface area contributed by atoms with Crippen molar-refractivity contribution in [3.63, 3.8) is 0 Å². The Kier molecular flexibility index (Phi) is 4.09. The van der Waals surface area contributed by atoms with Crippen LogP contribution < -0.4 is 10.2 Å². The van der Waals surface area contributed by atoms with Gasteiger partial charge in [-0.1, -0.05) is 17.7 Å². The molecule has 0 aromatic heterocycles. The third-order valence-electron chi connectivity index (χ3n) is 3.14. The molecule has 1 aromatic carbocycles. The Hall–Kier alpha value is -1.26. The van der Waals surface area contributed by atoms with Crippen LogP contribution in [-0.4, -0.2) is 44.7 Å². The van der Waals surface area contributed by atoms with Gasteiger partial charge in [-0.3, -0.25) is 4.90 Å². The Bertz CT molecular complexity index is 438. The van der Waals surface area contributed by atoms with Gasteiger partial charge in [0.2, 0.25) is 0 Å². The summed E-state index contributed by atoms with van der Waals surface area (Å²) in [5.41, 5.74) is 0.861. The SMILES string of the molecule is CNCC1CN(C)C(=O)N(c2cccc(Cl)c2)C1. The number of hydrogen-bond acceptors (Lipinski definition) is 2. The molecule has 5 heteroatoms. The molecule has 0 spiro atoms. The summed E-state index contributed by atoms with van der Waals surface area (Å²) in [4.78, 5) is 15.7. The highest BCUT2D eigenvalue weighted by Crippen LogP contribution is 2.24. The van der Waals surface area contributed by atoms with Crippen molar-refractivity contribution in [2.45, 2.75) is 0 Å². The summed E-state index contributed by atoms with van der Waals surface area (Å²) < 4.78 is 0. The van der Waals surface area contributed by atoms with Crippen LogP contribution in [0, 0.1) is 5.92 Å². The van der Waals surface area contributed by atoms with Gasteiger partial charge in [0.25, 0.3) is 0 Å². The van der Waals surface area contributed by atoms with Gasteiger partial charge in [-0.05, 0) is 25.2 Å². The zero-order valence-electron chi connectivity index (χ0n) is 10.7. The maximum absolute atomic E-state index is 12.2. The number of benzene rings is 1. The maximum atomic E-state index is 12.2. The Morgan fingerprint density at radius 2 is 2.22 bits per heavy atom. The molecular weight excluding hydrogens is 250 g/mol. The Morgan fingerprint density at radius 3 is 2.89 bits per heavy atom. The second-order valence-electron chi connectivity index (χ2n) is 4.68. The number of amides is 2. The summed E-state index contributed by atoms with van der Waals surface area (Å²) in [7, 11) is 3.77. The molecule has 1 aromatic rings. The molecule has 2 amide bonds. The van der Waals surface area contributed by atoms with E-state index in [1.807, 2.05) is 38.4 Å². The van der Waals surface area contributed by atoms with Crippen LogP contribution in [0.5, 0.6) is 0 Å². The molecule has 1 aliphatic rings. The van der Waals surface area contributed by atoms with Gasteiger partial charge in [-0.2, -0.15) is 0 Å². The lowest BCUT2D eigenvalue weighted by atomic mass is 10.1. The minimum absolute atomic E-state index is 0.0321. The van der Waals surface area contributed by atoms with E-state index >= 15 is 0 Å². The number of hydrogen-bond donors (Lipinski definition) is 1. The van der Waals surface area contributed by atoms with Crippen LogP contribution in [0.4, 0.5) is 10.5 Å². The fourth-order valence-electron chi connectivity index (χ4n) is 2.34. The minimum Gasteiger partial charge on any atom is -0.327 e. The van der Waals surface area contributed by atoms with Crippen LogP contribution in [-0.2, 0) is 0 Å². The van der Waals surface area contributed by atoms with Crippen molar-refractivity contribution in [2.24, 2.45) is 5.92 Å². The molecule has 1 aliphatic heterocycles. The van der Waals surface area contributed by atoms with Gasteiger partial charge in [0.15, 0.2) is 0 Å². The lowest BCUT2D eigenvalue weighted by molar-refractivity contribution is 0.192. The molecule has 2 rings (SSSR count). The van der Waals surface area contributed by atoms with Crippen LogP contribution in [0.1, 0.15) is 0 Å². The smallest absolute Gasteiger partial charge is 0.324 e. The number of rotatable bonds is 3. The van der Waals surface area contributed by atoms with E-state index in [9.17, 15) is 4.79 Å². The van der Waals surface area contributed by atoms with Crippen molar-refractivity contribution in [1.82, 2.24) is 10.2 Å². The zero-order chi connectivity index (χ0) is 13.1. The van der Waals surface area contributed by atoms with Crippen molar-refractivity contribution in [2.75, 3.05) is 38.6 Å². The highest BCUT2D eigenvalue weighted by molar-refractivity contribution is 6.30. The monoisotopic (exact) mass is 267 g/mol. The summed E-state index contributed by atoms with van der Waals surface area (Å²) in [6.45, 7) is 2.41. The standard InChI is InChI=1S/C13H18ClN3O/c1-15-7-10-8-16(2)13(18)17(9-10)12-5-3-4-11(14)6-12/h3-6,10,15H,7-9H2,1-2H3. The van der Waals surface area contributed by atoms with Crippen LogP contribution >= 0.6 is 11.6 Å². The molecule has 1 N–H and O–H groups in total.